The molecule has 0 aromatic carbocycles. The Kier molecular flexibility index (Phi) is 4.25. The molecule has 0 saturated heterocycles. The molecule has 0 spiro atoms. The summed E-state index contributed by atoms with van der Waals surface area (Å²) in [5.41, 5.74) is -0.502. The van der Waals surface area contributed by atoms with Crippen LogP contribution in [0.1, 0.15) is 26.1 Å². The predicted molar refractivity (Wildman–Crippen MR) is 62.1 cm³/mol. The molecule has 1 aromatic heterocycles. The van der Waals surface area contributed by atoms with Crippen LogP contribution in [0.5, 0.6) is 5.88 Å². The van der Waals surface area contributed by atoms with Gasteiger partial charge in [-0.1, -0.05) is 0 Å². The van der Waals surface area contributed by atoms with Crippen molar-refractivity contribution in [3.63, 3.8) is 0 Å². The highest BCUT2D eigenvalue weighted by atomic mass is 16.5. The van der Waals surface area contributed by atoms with E-state index in [4.69, 9.17) is 9.84 Å². The first-order valence-corrected chi connectivity index (χ1v) is 5.30. The molecular formula is C11H17N3O3. The Morgan fingerprint density at radius 1 is 1.59 bits per heavy atom. The number of nitrogens with zero attached hydrogens (tertiary/aromatic N) is 2. The number of aryl methyl sites for hydroxylation is 1. The van der Waals surface area contributed by atoms with Crippen molar-refractivity contribution >= 4 is 6.09 Å². The van der Waals surface area contributed by atoms with Crippen molar-refractivity contribution < 1.29 is 14.6 Å². The Morgan fingerprint density at radius 2 is 2.29 bits per heavy atom. The van der Waals surface area contributed by atoms with Crippen molar-refractivity contribution in [1.29, 1.82) is 0 Å². The highest BCUT2D eigenvalue weighted by Crippen LogP contribution is 2.13. The summed E-state index contributed by atoms with van der Waals surface area (Å²) in [5, 5.41) is 11.1. The number of amides is 1. The van der Waals surface area contributed by atoms with Crippen LogP contribution in [-0.4, -0.2) is 33.8 Å². The van der Waals surface area contributed by atoms with Gasteiger partial charge in [0.25, 0.3) is 0 Å². The van der Waals surface area contributed by atoms with Gasteiger partial charge in [-0.3, -0.25) is 0 Å². The van der Waals surface area contributed by atoms with Crippen LogP contribution in [0.2, 0.25) is 0 Å². The molecule has 0 aliphatic rings. The van der Waals surface area contributed by atoms with E-state index in [9.17, 15) is 4.79 Å². The number of carbonyl (C=O) groups is 1. The van der Waals surface area contributed by atoms with Gasteiger partial charge in [0, 0.05) is 24.2 Å². The van der Waals surface area contributed by atoms with Crippen LogP contribution in [0.25, 0.3) is 0 Å². The topological polar surface area (TPSA) is 84.3 Å². The molecule has 0 saturated carbocycles. The summed E-state index contributed by atoms with van der Waals surface area (Å²) < 4.78 is 4.99. The summed E-state index contributed by atoms with van der Waals surface area (Å²) in [4.78, 5) is 18.8. The summed E-state index contributed by atoms with van der Waals surface area (Å²) >= 11 is 0. The number of rotatable bonds is 5. The van der Waals surface area contributed by atoms with Crippen LogP contribution in [0.15, 0.2) is 12.3 Å². The molecule has 1 amide bonds. The van der Waals surface area contributed by atoms with Gasteiger partial charge >= 0.3 is 6.09 Å². The summed E-state index contributed by atoms with van der Waals surface area (Å²) in [6.07, 6.45) is 1.80. The van der Waals surface area contributed by atoms with E-state index < -0.39 is 11.6 Å². The SMILES string of the molecule is COc1ccnc(CCC(C)(C)NC(=O)O)n1. The fourth-order valence-electron chi connectivity index (χ4n) is 1.39. The van der Waals surface area contributed by atoms with Gasteiger partial charge in [0.05, 0.1) is 7.11 Å². The Morgan fingerprint density at radius 3 is 2.88 bits per heavy atom. The first-order chi connectivity index (χ1) is 7.93. The summed E-state index contributed by atoms with van der Waals surface area (Å²) in [7, 11) is 1.54. The van der Waals surface area contributed by atoms with Gasteiger partial charge in [0.15, 0.2) is 0 Å². The molecule has 6 heteroatoms. The number of methoxy groups -OCH3 is 1. The Labute approximate surface area is 100 Å². The molecule has 94 valence electrons. The van der Waals surface area contributed by atoms with Gasteiger partial charge in [-0.05, 0) is 20.3 Å². The Bertz CT molecular complexity index is 393. The lowest BCUT2D eigenvalue weighted by atomic mass is 9.98. The lowest BCUT2D eigenvalue weighted by molar-refractivity contribution is 0.180. The smallest absolute Gasteiger partial charge is 0.405 e. The van der Waals surface area contributed by atoms with Crippen LogP contribution in [0, 0.1) is 0 Å². The van der Waals surface area contributed by atoms with E-state index in [1.807, 2.05) is 13.8 Å². The molecule has 17 heavy (non-hydrogen) atoms. The van der Waals surface area contributed by atoms with E-state index in [0.29, 0.717) is 24.5 Å². The first-order valence-electron chi connectivity index (χ1n) is 5.30. The molecule has 1 heterocycles. The monoisotopic (exact) mass is 239 g/mol. The predicted octanol–water partition coefficient (Wildman–Crippen LogP) is 1.46. The maximum atomic E-state index is 10.6. The Hall–Kier alpha value is -1.85. The van der Waals surface area contributed by atoms with Gasteiger partial charge < -0.3 is 15.2 Å². The molecule has 0 unspecified atom stereocenters. The minimum atomic E-state index is -1.03. The van der Waals surface area contributed by atoms with E-state index in [1.54, 1.807) is 19.4 Å². The number of aromatic nitrogens is 2. The maximum absolute atomic E-state index is 10.6. The second kappa shape index (κ2) is 5.47. The minimum absolute atomic E-state index is 0.502. The van der Waals surface area contributed by atoms with Crippen LogP contribution >= 0.6 is 0 Å². The fourth-order valence-corrected chi connectivity index (χ4v) is 1.39. The molecule has 0 atom stereocenters. The maximum Gasteiger partial charge on any atom is 0.405 e. The molecule has 1 rings (SSSR count). The summed E-state index contributed by atoms with van der Waals surface area (Å²) in [6.45, 7) is 3.64. The zero-order chi connectivity index (χ0) is 12.9. The summed E-state index contributed by atoms with van der Waals surface area (Å²) in [6, 6.07) is 1.67. The number of hydrogen-bond acceptors (Lipinski definition) is 4. The van der Waals surface area contributed by atoms with E-state index >= 15 is 0 Å². The van der Waals surface area contributed by atoms with Crippen molar-refractivity contribution in [2.24, 2.45) is 0 Å². The van der Waals surface area contributed by atoms with E-state index in [2.05, 4.69) is 15.3 Å². The van der Waals surface area contributed by atoms with Crippen LogP contribution in [0.3, 0.4) is 0 Å². The molecule has 0 fully saturated rings. The van der Waals surface area contributed by atoms with Crippen molar-refractivity contribution in [3.05, 3.63) is 18.1 Å². The first kappa shape index (κ1) is 13.2. The molecule has 6 nitrogen and oxygen atoms in total. The number of nitrogens with one attached hydrogen (secondary N) is 1. The molecule has 0 aliphatic carbocycles. The van der Waals surface area contributed by atoms with Gasteiger partial charge in [0.1, 0.15) is 5.82 Å². The van der Waals surface area contributed by atoms with Gasteiger partial charge in [-0.25, -0.2) is 9.78 Å². The van der Waals surface area contributed by atoms with E-state index in [0.717, 1.165) is 0 Å². The Balaban J connectivity index is 2.57. The highest BCUT2D eigenvalue weighted by molar-refractivity contribution is 5.65. The average Bonchev–Trinajstić information content (AvgIpc) is 2.25. The second-order valence-electron chi connectivity index (χ2n) is 4.33. The van der Waals surface area contributed by atoms with Crippen molar-refractivity contribution in [1.82, 2.24) is 15.3 Å². The molecular weight excluding hydrogens is 222 g/mol. The number of ether oxygens (including phenoxy) is 1. The van der Waals surface area contributed by atoms with Crippen molar-refractivity contribution in [2.75, 3.05) is 7.11 Å². The zero-order valence-electron chi connectivity index (χ0n) is 10.2. The standard InChI is InChI=1S/C11H17N3O3/c1-11(2,14-10(15)16)6-4-8-12-7-5-9(13-8)17-3/h5,7,14H,4,6H2,1-3H3,(H,15,16). The number of carboxylic acid groups (broad SMARTS) is 1. The molecule has 1 aromatic rings. The normalized spacial score (nSPS) is 11.0. The average molecular weight is 239 g/mol. The number of hydrogen-bond donors (Lipinski definition) is 2. The van der Waals surface area contributed by atoms with Crippen LogP contribution in [-0.2, 0) is 6.42 Å². The van der Waals surface area contributed by atoms with Crippen LogP contribution in [0.4, 0.5) is 4.79 Å². The van der Waals surface area contributed by atoms with Crippen LogP contribution < -0.4 is 10.1 Å². The lowest BCUT2D eigenvalue weighted by Gasteiger charge is -2.23. The molecule has 0 bridgehead atoms. The molecule has 0 aliphatic heterocycles. The largest absolute Gasteiger partial charge is 0.481 e. The van der Waals surface area contributed by atoms with Crippen molar-refractivity contribution in [3.8, 4) is 5.88 Å². The van der Waals surface area contributed by atoms with Gasteiger partial charge in [-0.15, -0.1) is 0 Å². The van der Waals surface area contributed by atoms with Gasteiger partial charge in [0.2, 0.25) is 5.88 Å². The summed E-state index contributed by atoms with van der Waals surface area (Å²) in [5.74, 6) is 1.16. The van der Waals surface area contributed by atoms with Crippen molar-refractivity contribution in [2.45, 2.75) is 32.2 Å². The highest BCUT2D eigenvalue weighted by Gasteiger charge is 2.20. The lowest BCUT2D eigenvalue weighted by Crippen LogP contribution is -2.43. The molecule has 2 N–H and O–H groups in total. The third kappa shape index (κ3) is 4.67. The third-order valence-electron chi connectivity index (χ3n) is 2.31. The fraction of sp³-hybridized carbons (Fsp3) is 0.545. The quantitative estimate of drug-likeness (QED) is 0.812. The van der Waals surface area contributed by atoms with Gasteiger partial charge in [-0.2, -0.15) is 4.98 Å². The second-order valence-corrected chi connectivity index (χ2v) is 4.33. The van der Waals surface area contributed by atoms with E-state index in [-0.39, 0.29) is 0 Å². The zero-order valence-corrected chi connectivity index (χ0v) is 10.2. The molecule has 0 radical (unpaired) electrons. The minimum Gasteiger partial charge on any atom is -0.481 e. The van der Waals surface area contributed by atoms with E-state index in [1.165, 1.54) is 0 Å². The third-order valence-corrected chi connectivity index (χ3v) is 2.31.